The number of carbonyl (C=O) groups excluding carboxylic acids is 2. The van der Waals surface area contributed by atoms with E-state index in [4.69, 9.17) is 11.6 Å². The van der Waals surface area contributed by atoms with Crippen LogP contribution in [0.15, 0.2) is 48.7 Å². The number of benzene rings is 2. The summed E-state index contributed by atoms with van der Waals surface area (Å²) in [7, 11) is 1.70. The number of aryl methyl sites for hydroxylation is 1. The lowest BCUT2D eigenvalue weighted by Crippen LogP contribution is -2.45. The zero-order valence-corrected chi connectivity index (χ0v) is 16.8. The smallest absolute Gasteiger partial charge is 0.242 e. The summed E-state index contributed by atoms with van der Waals surface area (Å²) in [5, 5.41) is 7.95. The third kappa shape index (κ3) is 2.45. The van der Waals surface area contributed by atoms with Crippen LogP contribution in [0.25, 0.3) is 0 Å². The van der Waals surface area contributed by atoms with Crippen LogP contribution in [0.3, 0.4) is 0 Å². The van der Waals surface area contributed by atoms with E-state index in [1.54, 1.807) is 28.9 Å². The van der Waals surface area contributed by atoms with Crippen LogP contribution < -0.4 is 10.2 Å². The number of rotatable bonds is 2. The van der Waals surface area contributed by atoms with Gasteiger partial charge in [-0.1, -0.05) is 53.6 Å². The molecule has 2 aromatic carbocycles. The van der Waals surface area contributed by atoms with Crippen molar-refractivity contribution in [3.63, 3.8) is 0 Å². The first-order valence-corrected chi connectivity index (χ1v) is 9.78. The monoisotopic (exact) mass is 406 g/mol. The average Bonchev–Trinajstić information content (AvgIpc) is 3.18. The Labute approximate surface area is 173 Å². The van der Waals surface area contributed by atoms with E-state index in [-0.39, 0.29) is 18.2 Å². The van der Waals surface area contributed by atoms with E-state index in [1.165, 1.54) is 5.56 Å². The molecule has 0 unspecified atom stereocenters. The first-order chi connectivity index (χ1) is 13.9. The molecular weight excluding hydrogens is 388 g/mol. The maximum atomic E-state index is 13.5. The quantitative estimate of drug-likeness (QED) is 0.708. The fraction of sp³-hybridized carbons (Fsp3) is 0.227. The second-order valence-electron chi connectivity index (χ2n) is 7.68. The van der Waals surface area contributed by atoms with Crippen molar-refractivity contribution in [1.29, 1.82) is 0 Å². The molecule has 0 saturated heterocycles. The highest BCUT2D eigenvalue weighted by Crippen LogP contribution is 2.53. The molecule has 5 rings (SSSR count). The van der Waals surface area contributed by atoms with Gasteiger partial charge in [0.05, 0.1) is 23.5 Å². The number of likely N-dealkylation sites (N-methyl/N-ethyl adjacent to an activating group) is 1. The molecule has 29 heavy (non-hydrogen) atoms. The fourth-order valence-corrected chi connectivity index (χ4v) is 4.76. The van der Waals surface area contributed by atoms with Gasteiger partial charge in [-0.15, -0.1) is 0 Å². The van der Waals surface area contributed by atoms with Crippen LogP contribution in [0.5, 0.6) is 0 Å². The minimum atomic E-state index is -1.10. The summed E-state index contributed by atoms with van der Waals surface area (Å²) < 4.78 is 1.74. The summed E-state index contributed by atoms with van der Waals surface area (Å²) in [6.07, 6.45) is 1.73. The van der Waals surface area contributed by atoms with Crippen molar-refractivity contribution in [3.8, 4) is 0 Å². The maximum Gasteiger partial charge on any atom is 0.242 e. The van der Waals surface area contributed by atoms with Crippen LogP contribution in [0.4, 0.5) is 11.5 Å². The molecule has 0 aliphatic carbocycles. The van der Waals surface area contributed by atoms with Crippen LogP contribution in [0.2, 0.25) is 5.02 Å². The van der Waals surface area contributed by atoms with Crippen LogP contribution >= 0.6 is 11.6 Å². The summed E-state index contributed by atoms with van der Waals surface area (Å²) in [5.74, 6) is 0.195. The molecule has 0 saturated carbocycles. The fourth-order valence-electron chi connectivity index (χ4n) is 4.46. The molecule has 6 nitrogen and oxygen atoms in total. The first kappa shape index (κ1) is 17.9. The predicted molar refractivity (Wildman–Crippen MR) is 111 cm³/mol. The standard InChI is InChI=1S/C22H19ClN4O2/c1-13-6-8-14(9-7-13)12-27-20-16(11-24-27)22(10-18(28)25-20)15-4-3-5-17(23)19(15)26(2)21(22)29/h3-9,11H,10,12H2,1-2H3,(H,25,28)/t22-/m1/s1. The third-order valence-electron chi connectivity index (χ3n) is 5.89. The highest BCUT2D eigenvalue weighted by atomic mass is 35.5. The number of nitrogens with zero attached hydrogens (tertiary/aromatic N) is 3. The van der Waals surface area contributed by atoms with E-state index < -0.39 is 5.41 Å². The van der Waals surface area contributed by atoms with E-state index in [2.05, 4.69) is 10.4 Å². The topological polar surface area (TPSA) is 67.2 Å². The van der Waals surface area contributed by atoms with E-state index in [0.29, 0.717) is 28.6 Å². The summed E-state index contributed by atoms with van der Waals surface area (Å²) in [5.41, 5.74) is 3.26. The Balaban J connectivity index is 1.67. The summed E-state index contributed by atoms with van der Waals surface area (Å²) in [6.45, 7) is 2.53. The molecule has 0 bridgehead atoms. The molecule has 1 atom stereocenters. The number of anilines is 2. The summed E-state index contributed by atoms with van der Waals surface area (Å²) in [4.78, 5) is 27.7. The Kier molecular flexibility index (Phi) is 3.83. The lowest BCUT2D eigenvalue weighted by Gasteiger charge is -2.32. The van der Waals surface area contributed by atoms with Gasteiger partial charge in [-0.3, -0.25) is 9.59 Å². The van der Waals surface area contributed by atoms with Gasteiger partial charge in [0.1, 0.15) is 11.2 Å². The lowest BCUT2D eigenvalue weighted by molar-refractivity contribution is -0.126. The molecular formula is C22H19ClN4O2. The number of nitrogens with one attached hydrogen (secondary N) is 1. The Hall–Kier alpha value is -3.12. The van der Waals surface area contributed by atoms with Gasteiger partial charge in [-0.05, 0) is 24.1 Å². The number of hydrogen-bond donors (Lipinski definition) is 1. The van der Waals surface area contributed by atoms with E-state index in [9.17, 15) is 9.59 Å². The first-order valence-electron chi connectivity index (χ1n) is 9.40. The number of aromatic nitrogens is 2. The molecule has 2 aliphatic heterocycles. The van der Waals surface area contributed by atoms with Crippen molar-refractivity contribution >= 4 is 34.9 Å². The van der Waals surface area contributed by atoms with Gasteiger partial charge in [0.2, 0.25) is 11.8 Å². The molecule has 3 aromatic rings. The highest BCUT2D eigenvalue weighted by molar-refractivity contribution is 6.35. The van der Waals surface area contributed by atoms with Crippen molar-refractivity contribution in [2.75, 3.05) is 17.3 Å². The second-order valence-corrected chi connectivity index (χ2v) is 8.09. The van der Waals surface area contributed by atoms with Gasteiger partial charge in [0, 0.05) is 19.0 Å². The molecule has 2 amide bonds. The number of amides is 2. The Morgan fingerprint density at radius 3 is 2.66 bits per heavy atom. The molecule has 0 radical (unpaired) electrons. The van der Waals surface area contributed by atoms with Crippen molar-refractivity contribution < 1.29 is 9.59 Å². The number of hydrogen-bond acceptors (Lipinski definition) is 3. The minimum absolute atomic E-state index is 0.0345. The molecule has 1 N–H and O–H groups in total. The van der Waals surface area contributed by atoms with Gasteiger partial charge in [-0.25, -0.2) is 4.68 Å². The maximum absolute atomic E-state index is 13.5. The van der Waals surface area contributed by atoms with Crippen LogP contribution in [0, 0.1) is 6.92 Å². The van der Waals surface area contributed by atoms with Crippen LogP contribution in [0.1, 0.15) is 28.7 Å². The molecule has 0 fully saturated rings. The highest BCUT2D eigenvalue weighted by Gasteiger charge is 2.56. The zero-order valence-electron chi connectivity index (χ0n) is 16.1. The van der Waals surface area contributed by atoms with Crippen molar-refractivity contribution in [2.24, 2.45) is 0 Å². The normalized spacial score (nSPS) is 20.0. The summed E-state index contributed by atoms with van der Waals surface area (Å²) in [6, 6.07) is 13.6. The minimum Gasteiger partial charge on any atom is -0.313 e. The molecule has 3 heterocycles. The molecule has 146 valence electrons. The van der Waals surface area contributed by atoms with Gasteiger partial charge in [0.25, 0.3) is 0 Å². The van der Waals surface area contributed by atoms with Crippen molar-refractivity contribution in [2.45, 2.75) is 25.3 Å². The van der Waals surface area contributed by atoms with E-state index in [0.717, 1.165) is 11.1 Å². The average molecular weight is 407 g/mol. The molecule has 1 spiro atoms. The van der Waals surface area contributed by atoms with E-state index in [1.807, 2.05) is 43.3 Å². The van der Waals surface area contributed by atoms with Gasteiger partial charge < -0.3 is 10.2 Å². The van der Waals surface area contributed by atoms with Gasteiger partial charge >= 0.3 is 0 Å². The Bertz CT molecular complexity index is 1170. The number of fused-ring (bicyclic) bond motifs is 4. The van der Waals surface area contributed by atoms with Crippen LogP contribution in [-0.4, -0.2) is 28.6 Å². The lowest BCUT2D eigenvalue weighted by atomic mass is 9.72. The number of halogens is 1. The molecule has 2 aliphatic rings. The second kappa shape index (κ2) is 6.19. The zero-order chi connectivity index (χ0) is 20.3. The Morgan fingerprint density at radius 1 is 1.14 bits per heavy atom. The molecule has 1 aromatic heterocycles. The van der Waals surface area contributed by atoms with Crippen molar-refractivity contribution in [1.82, 2.24) is 9.78 Å². The third-order valence-corrected chi connectivity index (χ3v) is 6.19. The number of carbonyl (C=O) groups is 2. The summed E-state index contributed by atoms with van der Waals surface area (Å²) >= 11 is 6.41. The SMILES string of the molecule is Cc1ccc(Cn2ncc3c2NC(=O)C[C@]32C(=O)N(C)c3c(Cl)cccc32)cc1. The predicted octanol–water partition coefficient (Wildman–Crippen LogP) is 3.50. The Morgan fingerprint density at radius 2 is 1.90 bits per heavy atom. The van der Waals surface area contributed by atoms with Crippen LogP contribution in [-0.2, 0) is 21.5 Å². The molecule has 7 heteroatoms. The van der Waals surface area contributed by atoms with Gasteiger partial charge in [-0.2, -0.15) is 5.10 Å². The largest absolute Gasteiger partial charge is 0.313 e. The van der Waals surface area contributed by atoms with Crippen molar-refractivity contribution in [3.05, 3.63) is 75.9 Å². The van der Waals surface area contributed by atoms with E-state index >= 15 is 0 Å². The number of para-hydroxylation sites is 1. The van der Waals surface area contributed by atoms with Gasteiger partial charge in [0.15, 0.2) is 0 Å².